The zero-order valence-electron chi connectivity index (χ0n) is 62.7. The van der Waals surface area contributed by atoms with Crippen molar-refractivity contribution in [1.29, 1.82) is 0 Å². The molecule has 0 aromatic carbocycles. The van der Waals surface area contributed by atoms with Gasteiger partial charge in [0.1, 0.15) is 232 Å². The summed E-state index contributed by atoms with van der Waals surface area (Å²) in [6.45, 7) is -13.4. The monoisotopic (exact) mass is 1830 g/mol. The van der Waals surface area contributed by atoms with Crippen LogP contribution in [0.25, 0.3) is 0 Å². The Morgan fingerprint density at radius 3 is 1.21 bits per heavy atom. The van der Waals surface area contributed by atoms with Crippen molar-refractivity contribution in [1.82, 2.24) is 0 Å². The van der Waals surface area contributed by atoms with Crippen LogP contribution in [-0.2, 0) is 108 Å². The lowest BCUT2D eigenvalue weighted by atomic mass is 9.91. The standard InChI is InChI=1S/C61H107NO57P2/c62-1-2-101-120(96,97)119-121(98,99)118-50-43(15(73)5-64)110-57(109-42-13(71)3-61(95,60(93)94)117-44(42)16(74)6-65)39(92)48(50)114-56-38(91)46(36(89)41(108-56)17(75)12-100-52-33(86)30(83)32(85)40(107-52)14(72)4-63)111-55-37(90)45(26(79)21(10-69)104-55)112-59-51(47(27(80)22(11-70)106-59)113-53-34(87)28(81)23(76)18(7-66)102-53)116-58-49(31(84)25(78)20(9-68)105-58)115-54-35(88)29(82)24(77)19(8-67)103-54/h13-59,63-92,95H,1-12,62H2,(H,93,94)(H,96,97)(H,98,99)/t13-,14+,15+,16-,17+,18-,19-,20-,21-,22-,23-,24+,25+,26-,27-,28+,29+,30+,31+,32+,33+,34-,35-,36-,37-,38+,39+,40-,41-,42-,43-,44-,45+,46+,47+,48-,49-,50-,51-,52+,53+,54-,55+,56-,57+,58-,59-,61-/m1/s1. The molecule has 9 heterocycles. The van der Waals surface area contributed by atoms with Crippen LogP contribution in [-0.4, -0.2) is 546 Å². The molecule has 9 aliphatic heterocycles. The van der Waals surface area contributed by atoms with Gasteiger partial charge >= 0.3 is 21.6 Å². The van der Waals surface area contributed by atoms with Gasteiger partial charge in [-0.05, 0) is 0 Å². The Kier molecular flexibility index (Phi) is 37.0. The number of phosphoric ester groups is 2. The highest BCUT2D eigenvalue weighted by atomic mass is 31.3. The van der Waals surface area contributed by atoms with Gasteiger partial charge in [0.25, 0.3) is 5.79 Å². The molecular weight excluding hydrogens is 1720 g/mol. The highest BCUT2D eigenvalue weighted by Crippen LogP contribution is 2.62. The SMILES string of the molecule is NCCOP(=O)(O)OP(=O)(O)O[C@H]1[C@H](O[C@H]2O[C@H]([C@@H](O)CO[C@H]3O[C@H]([C@@H](O)CO)[C@@H](O)[C@H](O)[C@@H]3O)[C@@H](O)[C@H](O[C@@H]3O[C@H](CO)[C@@H](O)[C@H](O[C@H]4O[C@H](CO)[C@@H](O)[C@H](O[C@@H]5O[C@H](CO)[C@@H](O)[C@H](O)[C@H]5O)[C@H]4O[C@H]4O[C@H](CO)[C@H](O)[C@H](O)[C@H]4O[C@H]4O[C@H](CO)[C@H](O)[C@H](O)[C@H]4O)[C@H]3O)[C@@H]2O)[C@H](O)[C@@H](O[C@H]2[C@@H]([C@H](O)CO)O[C@@](O)(C(=O)O)C[C@H]2O)O[C@@H]1[C@@H](O)CO. The molecule has 9 rings (SSSR count). The van der Waals surface area contributed by atoms with Gasteiger partial charge in [0.2, 0.25) is 0 Å². The average Bonchev–Trinajstić information content (AvgIpc) is 0.757. The highest BCUT2D eigenvalue weighted by Gasteiger charge is 2.64. The van der Waals surface area contributed by atoms with E-state index in [1.54, 1.807) is 0 Å². The minimum absolute atomic E-state index is 0.570. The third kappa shape index (κ3) is 22.9. The third-order valence-electron chi connectivity index (χ3n) is 21.1. The first kappa shape index (κ1) is 103. The fourth-order valence-electron chi connectivity index (χ4n) is 14.5. The zero-order chi connectivity index (χ0) is 89.8. The number of ether oxygens (including phenoxy) is 17. The van der Waals surface area contributed by atoms with E-state index < -0.39 is 395 Å². The van der Waals surface area contributed by atoms with Crippen LogP contribution in [0.2, 0.25) is 0 Å². The number of hydrogen-bond acceptors (Lipinski definition) is 55. The number of nitrogens with two attached hydrogens (primary N) is 1. The summed E-state index contributed by atoms with van der Waals surface area (Å²) in [4.78, 5) is 33.8. The first-order chi connectivity index (χ1) is 56.9. The van der Waals surface area contributed by atoms with Gasteiger partial charge < -0.3 is 259 Å². The second kappa shape index (κ2) is 43.7. The molecule has 0 aromatic heterocycles. The molecule has 58 nitrogen and oxygen atoms in total. The predicted octanol–water partition coefficient (Wildman–Crippen LogP) is -22.5. The van der Waals surface area contributed by atoms with Crippen molar-refractivity contribution in [3.05, 3.63) is 0 Å². The first-order valence-electron chi connectivity index (χ1n) is 37.2. The van der Waals surface area contributed by atoms with Gasteiger partial charge in [-0.1, -0.05) is 0 Å². The molecule has 0 bridgehead atoms. The summed E-state index contributed by atoms with van der Waals surface area (Å²) in [7, 11) is -12.3. The smallest absolute Gasteiger partial charge is 0.477 e. The molecule has 0 amide bonds. The van der Waals surface area contributed by atoms with Crippen molar-refractivity contribution in [2.45, 2.75) is 301 Å². The van der Waals surface area contributed by atoms with Crippen molar-refractivity contribution >= 4 is 21.6 Å². The van der Waals surface area contributed by atoms with E-state index in [4.69, 9.17) is 90.8 Å². The molecular formula is C61H107NO57P2. The Morgan fingerprint density at radius 2 is 0.711 bits per heavy atom. The second-order valence-corrected chi connectivity index (χ2v) is 32.4. The van der Waals surface area contributed by atoms with E-state index in [1.165, 1.54) is 0 Å². The van der Waals surface area contributed by atoms with Gasteiger partial charge in [0.05, 0.1) is 72.2 Å². The summed E-state index contributed by atoms with van der Waals surface area (Å²) in [6, 6.07) is 0. The van der Waals surface area contributed by atoms with E-state index in [0.717, 1.165) is 0 Å². The topological polar surface area (TPSA) is 950 Å². The maximum Gasteiger partial charge on any atom is 0.481 e. The molecule has 9 fully saturated rings. The van der Waals surface area contributed by atoms with Gasteiger partial charge in [-0.15, -0.1) is 0 Å². The zero-order valence-corrected chi connectivity index (χ0v) is 64.5. The molecule has 708 valence electrons. The summed E-state index contributed by atoms with van der Waals surface area (Å²) in [6.07, 6.45) is -117. The third-order valence-corrected chi connectivity index (χ3v) is 23.8. The highest BCUT2D eigenvalue weighted by molar-refractivity contribution is 7.61. The van der Waals surface area contributed by atoms with Crippen molar-refractivity contribution < 1.29 is 281 Å². The van der Waals surface area contributed by atoms with Gasteiger partial charge in [-0.2, -0.15) is 4.31 Å². The Balaban J connectivity index is 1.13. The molecule has 0 saturated carbocycles. The summed E-state index contributed by atoms with van der Waals surface area (Å²) in [5, 5.41) is 354. The summed E-state index contributed by atoms with van der Waals surface area (Å²) >= 11 is 0. The van der Waals surface area contributed by atoms with Crippen LogP contribution in [0.5, 0.6) is 0 Å². The van der Waals surface area contributed by atoms with Gasteiger partial charge in [-0.25, -0.2) is 13.9 Å². The molecule has 9 aliphatic rings. The summed E-state index contributed by atoms with van der Waals surface area (Å²) in [5.74, 6) is -5.63. The molecule has 0 radical (unpaired) electrons. The van der Waals surface area contributed by atoms with E-state index in [1.807, 2.05) is 0 Å². The fraction of sp³-hybridized carbons (Fsp3) is 0.984. The quantitative estimate of drug-likeness (QED) is 0.0257. The number of carboxylic acid groups (broad SMARTS) is 1. The second-order valence-electron chi connectivity index (χ2n) is 29.4. The van der Waals surface area contributed by atoms with E-state index in [2.05, 4.69) is 8.83 Å². The summed E-state index contributed by atoms with van der Waals surface area (Å²) < 4.78 is 139. The molecule has 0 aromatic rings. The lowest BCUT2D eigenvalue weighted by Crippen LogP contribution is -2.70. The number of aliphatic carboxylic acids is 1. The first-order valence-corrected chi connectivity index (χ1v) is 40.2. The number of rotatable bonds is 37. The Hall–Kier alpha value is -2.23. The van der Waals surface area contributed by atoms with E-state index in [9.17, 15) is 187 Å². The maximum atomic E-state index is 14.0. The number of aliphatic hydroxyl groups excluding tert-OH is 30. The van der Waals surface area contributed by atoms with Crippen molar-refractivity contribution in [3.63, 3.8) is 0 Å². The fourth-order valence-corrected chi connectivity index (χ4v) is 16.8. The Labute approximate surface area is 679 Å². The maximum absolute atomic E-state index is 14.0. The molecule has 50 atom stereocenters. The number of phosphoric acid groups is 2. The average molecular weight is 1830 g/mol. The minimum Gasteiger partial charge on any atom is -0.477 e. The molecule has 121 heavy (non-hydrogen) atoms. The normalized spacial score (nSPS) is 48.6. The largest absolute Gasteiger partial charge is 0.481 e. The van der Waals surface area contributed by atoms with Crippen LogP contribution in [0.15, 0.2) is 0 Å². The van der Waals surface area contributed by atoms with Gasteiger partial charge in [-0.3, -0.25) is 9.05 Å². The van der Waals surface area contributed by atoms with Gasteiger partial charge in [0.15, 0.2) is 50.3 Å². The van der Waals surface area contributed by atoms with Crippen LogP contribution >= 0.6 is 15.6 Å². The number of aliphatic hydroxyl groups is 31. The van der Waals surface area contributed by atoms with Crippen molar-refractivity contribution in [3.8, 4) is 0 Å². The number of carboxylic acids is 1. The molecule has 60 heteroatoms. The predicted molar refractivity (Wildman–Crippen MR) is 361 cm³/mol. The molecule has 0 aliphatic carbocycles. The van der Waals surface area contributed by atoms with E-state index in [0.29, 0.717) is 0 Å². The van der Waals surface area contributed by atoms with Crippen LogP contribution in [0.3, 0.4) is 0 Å². The Bertz CT molecular complexity index is 3270. The van der Waals surface area contributed by atoms with Crippen LogP contribution in [0, 0.1) is 0 Å². The molecule has 9 saturated heterocycles. The molecule has 2 unspecified atom stereocenters. The number of carbonyl (C=O) groups is 1. The minimum atomic E-state index is -6.46. The van der Waals surface area contributed by atoms with Crippen LogP contribution in [0.1, 0.15) is 6.42 Å². The van der Waals surface area contributed by atoms with E-state index >= 15 is 0 Å². The van der Waals surface area contributed by atoms with Crippen molar-refractivity contribution in [2.24, 2.45) is 5.73 Å². The van der Waals surface area contributed by atoms with Crippen molar-refractivity contribution in [2.75, 3.05) is 72.6 Å². The van der Waals surface area contributed by atoms with Gasteiger partial charge in [0, 0.05) is 13.0 Å². The van der Waals surface area contributed by atoms with Crippen LogP contribution < -0.4 is 5.73 Å². The Morgan fingerprint density at radius 1 is 0.364 bits per heavy atom. The number of hydrogen-bond donors (Lipinski definition) is 35. The lowest BCUT2D eigenvalue weighted by molar-refractivity contribution is -0.419. The lowest BCUT2D eigenvalue weighted by Gasteiger charge is -2.52. The van der Waals surface area contributed by atoms with E-state index in [-0.39, 0.29) is 0 Å². The van der Waals surface area contributed by atoms with Crippen LogP contribution in [0.4, 0.5) is 0 Å². The summed E-state index contributed by atoms with van der Waals surface area (Å²) in [5.41, 5.74) is 5.33. The molecule has 0 spiro atoms. The molecule has 36 N–H and O–H groups in total.